The fourth-order valence-corrected chi connectivity index (χ4v) is 4.28. The first-order valence-corrected chi connectivity index (χ1v) is 10.9. The lowest BCUT2D eigenvalue weighted by Gasteiger charge is -2.13. The number of sulfone groups is 1. The third-order valence-corrected chi connectivity index (χ3v) is 6.32. The van der Waals surface area contributed by atoms with E-state index < -0.39 is 9.84 Å². The Hall–Kier alpha value is -3.10. The zero-order valence-corrected chi connectivity index (χ0v) is 18.0. The number of anilines is 1. The number of hydrogen-bond donors (Lipinski definition) is 2. The number of methoxy groups -OCH3 is 1. The van der Waals surface area contributed by atoms with Crippen LogP contribution < -0.4 is 15.4 Å². The first-order valence-electron chi connectivity index (χ1n) is 8.99. The van der Waals surface area contributed by atoms with Gasteiger partial charge in [-0.2, -0.15) is 0 Å². The summed E-state index contributed by atoms with van der Waals surface area (Å²) >= 11 is 5.94. The smallest absolute Gasteiger partial charge is 0.210 e. The molecule has 0 amide bonds. The zero-order chi connectivity index (χ0) is 21.6. The number of aliphatic imine (C=N–C) groups is 1. The highest BCUT2D eigenvalue weighted by molar-refractivity contribution is 7.91. The van der Waals surface area contributed by atoms with Crippen LogP contribution in [0, 0.1) is 0 Å². The van der Waals surface area contributed by atoms with E-state index in [0.717, 1.165) is 11.3 Å². The van der Waals surface area contributed by atoms with E-state index in [4.69, 9.17) is 16.3 Å². The lowest BCUT2D eigenvalue weighted by molar-refractivity contribution is 0.403. The standard InChI is InChI=1S/C21H21ClN4O3S/c1-23-21(26-17-9-11-24-12-10-17)25-14-15-3-6-18(7-4-15)30(27,28)20-8-5-16(22)13-19(20)29-2/h3-13H,14H2,1-2H3,(H2,23,24,25,26). The number of pyridine rings is 1. The van der Waals surface area contributed by atoms with E-state index in [9.17, 15) is 8.42 Å². The normalized spacial score (nSPS) is 11.8. The van der Waals surface area contributed by atoms with Gasteiger partial charge in [-0.05, 0) is 42.0 Å². The quantitative estimate of drug-likeness (QED) is 0.444. The molecule has 0 radical (unpaired) electrons. The van der Waals surface area contributed by atoms with Gasteiger partial charge in [0.15, 0.2) is 5.96 Å². The van der Waals surface area contributed by atoms with Gasteiger partial charge in [-0.1, -0.05) is 23.7 Å². The van der Waals surface area contributed by atoms with Crippen LogP contribution in [0.2, 0.25) is 5.02 Å². The number of halogens is 1. The fourth-order valence-electron chi connectivity index (χ4n) is 2.71. The molecule has 1 heterocycles. The largest absolute Gasteiger partial charge is 0.495 e. The summed E-state index contributed by atoms with van der Waals surface area (Å²) in [6.07, 6.45) is 3.37. The van der Waals surface area contributed by atoms with Gasteiger partial charge in [0, 0.05) is 42.8 Å². The van der Waals surface area contributed by atoms with Crippen molar-refractivity contribution in [2.75, 3.05) is 19.5 Å². The second kappa shape index (κ2) is 9.60. The maximum atomic E-state index is 13.0. The fraction of sp³-hybridized carbons (Fsp3) is 0.143. The predicted octanol–water partition coefficient (Wildman–Crippen LogP) is 3.76. The SMILES string of the molecule is CN=C(NCc1ccc(S(=O)(=O)c2ccc(Cl)cc2OC)cc1)Nc1ccncc1. The minimum absolute atomic E-state index is 0.0715. The van der Waals surface area contributed by atoms with E-state index in [1.165, 1.54) is 25.3 Å². The Balaban J connectivity index is 1.71. The second-order valence-electron chi connectivity index (χ2n) is 6.23. The number of nitrogens with zero attached hydrogens (tertiary/aromatic N) is 2. The summed E-state index contributed by atoms with van der Waals surface area (Å²) in [7, 11) is -0.657. The van der Waals surface area contributed by atoms with Crippen molar-refractivity contribution in [3.8, 4) is 5.75 Å². The number of benzene rings is 2. The average Bonchev–Trinajstić information content (AvgIpc) is 2.77. The lowest BCUT2D eigenvalue weighted by atomic mass is 10.2. The topological polar surface area (TPSA) is 92.7 Å². The number of hydrogen-bond acceptors (Lipinski definition) is 5. The molecule has 2 aromatic carbocycles. The number of rotatable bonds is 6. The van der Waals surface area contributed by atoms with E-state index in [1.54, 1.807) is 43.7 Å². The summed E-state index contributed by atoms with van der Waals surface area (Å²) in [4.78, 5) is 8.39. The Morgan fingerprint density at radius 3 is 2.43 bits per heavy atom. The van der Waals surface area contributed by atoms with Gasteiger partial charge >= 0.3 is 0 Å². The molecule has 0 spiro atoms. The zero-order valence-electron chi connectivity index (χ0n) is 16.5. The number of guanidine groups is 1. The first kappa shape index (κ1) is 21.6. The molecule has 0 bridgehead atoms. The van der Waals surface area contributed by atoms with Gasteiger partial charge in [-0.3, -0.25) is 9.98 Å². The number of nitrogens with one attached hydrogen (secondary N) is 2. The molecule has 0 aliphatic carbocycles. The van der Waals surface area contributed by atoms with Crippen molar-refractivity contribution in [3.05, 3.63) is 77.6 Å². The summed E-state index contributed by atoms with van der Waals surface area (Å²) in [5.74, 6) is 0.794. The van der Waals surface area contributed by atoms with E-state index in [1.807, 2.05) is 12.1 Å². The Labute approximate surface area is 180 Å². The van der Waals surface area contributed by atoms with Crippen molar-refractivity contribution in [1.29, 1.82) is 0 Å². The van der Waals surface area contributed by atoms with Crippen molar-refractivity contribution in [2.45, 2.75) is 16.3 Å². The van der Waals surface area contributed by atoms with E-state index >= 15 is 0 Å². The highest BCUT2D eigenvalue weighted by Crippen LogP contribution is 2.31. The molecule has 0 aliphatic heterocycles. The van der Waals surface area contributed by atoms with Crippen LogP contribution in [0.5, 0.6) is 5.75 Å². The molecule has 1 aromatic heterocycles. The van der Waals surface area contributed by atoms with Crippen LogP contribution in [-0.2, 0) is 16.4 Å². The van der Waals surface area contributed by atoms with Crippen LogP contribution >= 0.6 is 11.6 Å². The summed E-state index contributed by atoms with van der Waals surface area (Å²) in [5, 5.41) is 6.74. The molecular weight excluding hydrogens is 424 g/mol. The van der Waals surface area contributed by atoms with Crippen LogP contribution in [0.15, 0.2) is 81.8 Å². The Bertz CT molecular complexity index is 1130. The average molecular weight is 445 g/mol. The van der Waals surface area contributed by atoms with Gasteiger partial charge in [-0.25, -0.2) is 8.42 Å². The molecule has 2 N–H and O–H groups in total. The molecule has 9 heteroatoms. The molecule has 0 fully saturated rings. The van der Waals surface area contributed by atoms with Crippen molar-refractivity contribution >= 4 is 33.1 Å². The molecule has 7 nitrogen and oxygen atoms in total. The van der Waals surface area contributed by atoms with Crippen molar-refractivity contribution in [1.82, 2.24) is 10.3 Å². The lowest BCUT2D eigenvalue weighted by Crippen LogP contribution is -2.30. The van der Waals surface area contributed by atoms with Gasteiger partial charge in [0.1, 0.15) is 10.6 Å². The minimum Gasteiger partial charge on any atom is -0.495 e. The third kappa shape index (κ3) is 5.08. The summed E-state index contributed by atoms with van der Waals surface area (Å²) in [5.41, 5.74) is 1.76. The molecule has 0 atom stereocenters. The van der Waals surface area contributed by atoms with E-state index in [-0.39, 0.29) is 15.5 Å². The Morgan fingerprint density at radius 1 is 1.10 bits per heavy atom. The highest BCUT2D eigenvalue weighted by Gasteiger charge is 2.22. The number of aromatic nitrogens is 1. The maximum Gasteiger partial charge on any atom is 0.210 e. The van der Waals surface area contributed by atoms with Crippen LogP contribution in [0.25, 0.3) is 0 Å². The van der Waals surface area contributed by atoms with Gasteiger partial charge < -0.3 is 15.4 Å². The molecule has 3 aromatic rings. The summed E-state index contributed by atoms with van der Waals surface area (Å²) in [6, 6.07) is 14.8. The molecule has 0 unspecified atom stereocenters. The Kier molecular flexibility index (Phi) is 6.91. The monoisotopic (exact) mass is 444 g/mol. The van der Waals surface area contributed by atoms with Crippen molar-refractivity contribution in [3.63, 3.8) is 0 Å². The molecule has 3 rings (SSSR count). The van der Waals surface area contributed by atoms with Crippen LogP contribution in [-0.4, -0.2) is 33.5 Å². The second-order valence-corrected chi connectivity index (χ2v) is 8.58. The highest BCUT2D eigenvalue weighted by atomic mass is 35.5. The molecule has 156 valence electrons. The predicted molar refractivity (Wildman–Crippen MR) is 118 cm³/mol. The van der Waals surface area contributed by atoms with Crippen molar-refractivity contribution < 1.29 is 13.2 Å². The summed E-state index contributed by atoms with van der Waals surface area (Å²) in [6.45, 7) is 0.468. The Morgan fingerprint density at radius 2 is 1.80 bits per heavy atom. The van der Waals surface area contributed by atoms with Crippen LogP contribution in [0.3, 0.4) is 0 Å². The molecule has 0 saturated heterocycles. The maximum absolute atomic E-state index is 13.0. The van der Waals surface area contributed by atoms with Gasteiger partial charge in [0.25, 0.3) is 0 Å². The number of ether oxygens (including phenoxy) is 1. The molecule has 0 saturated carbocycles. The first-order chi connectivity index (χ1) is 14.4. The third-order valence-electron chi connectivity index (χ3n) is 4.28. The van der Waals surface area contributed by atoms with Crippen LogP contribution in [0.1, 0.15) is 5.56 Å². The summed E-state index contributed by atoms with van der Waals surface area (Å²) < 4.78 is 31.1. The van der Waals surface area contributed by atoms with Gasteiger partial charge in [0.2, 0.25) is 9.84 Å². The molecule has 30 heavy (non-hydrogen) atoms. The van der Waals surface area contributed by atoms with Gasteiger partial charge in [0.05, 0.1) is 12.0 Å². The van der Waals surface area contributed by atoms with Gasteiger partial charge in [-0.15, -0.1) is 0 Å². The van der Waals surface area contributed by atoms with Crippen molar-refractivity contribution in [2.24, 2.45) is 4.99 Å². The van der Waals surface area contributed by atoms with Crippen LogP contribution in [0.4, 0.5) is 5.69 Å². The molecule has 0 aliphatic rings. The minimum atomic E-state index is -3.74. The van der Waals surface area contributed by atoms with E-state index in [0.29, 0.717) is 17.5 Å². The van der Waals surface area contributed by atoms with E-state index in [2.05, 4.69) is 20.6 Å². The molecular formula is C21H21ClN4O3S.